The lowest BCUT2D eigenvalue weighted by Crippen LogP contribution is -2.39. The monoisotopic (exact) mass is 346 g/mol. The minimum absolute atomic E-state index is 0.0638. The second-order valence-electron chi connectivity index (χ2n) is 6.73. The fourth-order valence-corrected chi connectivity index (χ4v) is 4.76. The highest BCUT2D eigenvalue weighted by atomic mass is 32.2. The molecule has 0 saturated heterocycles. The fourth-order valence-electron chi connectivity index (χ4n) is 3.62. The number of rotatable bonds is 5. The molecule has 1 saturated carbocycles. The predicted molar refractivity (Wildman–Crippen MR) is 97.9 cm³/mol. The first kappa shape index (κ1) is 17.5. The van der Waals surface area contributed by atoms with E-state index in [4.69, 9.17) is 0 Å². The molecule has 0 bridgehead atoms. The van der Waals surface area contributed by atoms with Crippen LogP contribution in [0.4, 0.5) is 0 Å². The summed E-state index contributed by atoms with van der Waals surface area (Å²) in [7, 11) is 2.15. The summed E-state index contributed by atoms with van der Waals surface area (Å²) in [6.07, 6.45) is 7.11. The average Bonchev–Trinajstić information content (AvgIpc) is 2.62. The topological polar surface area (TPSA) is 49.4 Å². The van der Waals surface area contributed by atoms with Crippen LogP contribution in [0.25, 0.3) is 0 Å². The Hall–Kier alpha value is -1.33. The highest BCUT2D eigenvalue weighted by molar-refractivity contribution is 7.99. The van der Waals surface area contributed by atoms with Crippen molar-refractivity contribution >= 4 is 23.5 Å². The zero-order valence-electron chi connectivity index (χ0n) is 14.3. The molecular formula is C19H26N2O2S. The Kier molecular flexibility index (Phi) is 5.95. The van der Waals surface area contributed by atoms with E-state index in [-0.39, 0.29) is 11.7 Å². The van der Waals surface area contributed by atoms with Gasteiger partial charge in [0.2, 0.25) is 0 Å². The maximum atomic E-state index is 12.5. The number of benzene rings is 1. The van der Waals surface area contributed by atoms with Gasteiger partial charge in [-0.2, -0.15) is 0 Å². The normalized spacial score (nSPS) is 18.5. The van der Waals surface area contributed by atoms with Crippen LogP contribution in [0.5, 0.6) is 0 Å². The van der Waals surface area contributed by atoms with Crippen molar-refractivity contribution in [3.05, 3.63) is 29.3 Å². The zero-order chi connectivity index (χ0) is 16.9. The number of nitrogens with one attached hydrogen (secondary N) is 1. The van der Waals surface area contributed by atoms with Crippen molar-refractivity contribution in [1.82, 2.24) is 10.2 Å². The van der Waals surface area contributed by atoms with Gasteiger partial charge in [-0.05, 0) is 26.0 Å². The summed E-state index contributed by atoms with van der Waals surface area (Å²) in [5.74, 6) is 0.849. The first-order valence-electron chi connectivity index (χ1n) is 8.94. The van der Waals surface area contributed by atoms with Crippen molar-refractivity contribution in [1.29, 1.82) is 0 Å². The van der Waals surface area contributed by atoms with Crippen molar-refractivity contribution < 1.29 is 9.59 Å². The molecule has 0 unspecified atom stereocenters. The smallest absolute Gasteiger partial charge is 0.252 e. The molecule has 4 nitrogen and oxygen atoms in total. The summed E-state index contributed by atoms with van der Waals surface area (Å²) in [6.45, 7) is 1.52. The molecule has 0 atom stereocenters. The van der Waals surface area contributed by atoms with Crippen LogP contribution in [-0.2, 0) is 0 Å². The third-order valence-electron chi connectivity index (χ3n) is 5.08. The number of fused-ring (bicyclic) bond motifs is 1. The molecule has 1 aliphatic heterocycles. The van der Waals surface area contributed by atoms with E-state index >= 15 is 0 Å². The molecule has 0 aromatic heterocycles. The summed E-state index contributed by atoms with van der Waals surface area (Å²) in [6, 6.07) is 6.13. The molecule has 1 heterocycles. The van der Waals surface area contributed by atoms with E-state index in [1.54, 1.807) is 11.8 Å². The van der Waals surface area contributed by atoms with Crippen molar-refractivity contribution in [3.8, 4) is 0 Å². The van der Waals surface area contributed by atoms with E-state index in [1.165, 1.54) is 32.1 Å². The van der Waals surface area contributed by atoms with Gasteiger partial charge in [0.25, 0.3) is 5.91 Å². The number of hydrogen-bond acceptors (Lipinski definition) is 4. The number of Topliss-reactive ketones (excluding diaryl/α,β-unsaturated/α-hetero) is 1. The van der Waals surface area contributed by atoms with E-state index in [2.05, 4.69) is 17.3 Å². The molecule has 1 aliphatic carbocycles. The number of nitrogens with zero attached hydrogens (tertiary/aromatic N) is 1. The van der Waals surface area contributed by atoms with Crippen LogP contribution < -0.4 is 5.32 Å². The molecule has 130 valence electrons. The molecule has 24 heavy (non-hydrogen) atoms. The van der Waals surface area contributed by atoms with Crippen molar-refractivity contribution in [3.63, 3.8) is 0 Å². The summed E-state index contributed by atoms with van der Waals surface area (Å²) in [5, 5.41) is 3.03. The number of thioether (sulfide) groups is 1. The number of likely N-dealkylation sites (N-methyl/N-ethyl adjacent to an activating group) is 1. The van der Waals surface area contributed by atoms with Gasteiger partial charge in [0, 0.05) is 41.8 Å². The lowest BCUT2D eigenvalue weighted by molar-refractivity contribution is 0.0941. The molecule has 1 amide bonds. The molecule has 1 aromatic rings. The van der Waals surface area contributed by atoms with Crippen LogP contribution in [0.3, 0.4) is 0 Å². The number of hydrogen-bond donors (Lipinski definition) is 1. The Morgan fingerprint density at radius 3 is 2.88 bits per heavy atom. The van der Waals surface area contributed by atoms with Gasteiger partial charge >= 0.3 is 0 Å². The quantitative estimate of drug-likeness (QED) is 0.888. The molecule has 1 aromatic carbocycles. The Bertz CT molecular complexity index is 611. The summed E-state index contributed by atoms with van der Waals surface area (Å²) >= 11 is 1.62. The van der Waals surface area contributed by atoms with E-state index in [0.717, 1.165) is 17.2 Å². The van der Waals surface area contributed by atoms with E-state index in [1.807, 2.05) is 18.2 Å². The van der Waals surface area contributed by atoms with Crippen molar-refractivity contribution in [2.24, 2.45) is 0 Å². The molecule has 2 aliphatic rings. The van der Waals surface area contributed by atoms with Gasteiger partial charge in [0.05, 0.1) is 5.56 Å². The third-order valence-corrected chi connectivity index (χ3v) is 6.22. The van der Waals surface area contributed by atoms with Gasteiger partial charge in [-0.1, -0.05) is 31.4 Å². The average molecular weight is 346 g/mol. The molecule has 0 radical (unpaired) electrons. The van der Waals surface area contributed by atoms with Gasteiger partial charge < -0.3 is 10.2 Å². The Morgan fingerprint density at radius 2 is 2.08 bits per heavy atom. The van der Waals surface area contributed by atoms with Gasteiger partial charge in [0.1, 0.15) is 0 Å². The standard InChI is InChI=1S/C19H26N2O2S/c1-21(14-6-3-2-4-7-14)12-11-20-19(23)16-9-5-8-15-17(22)10-13-24-18(15)16/h5,8-9,14H,2-4,6-7,10-13H2,1H3,(H,20,23). The highest BCUT2D eigenvalue weighted by Gasteiger charge is 2.23. The van der Waals surface area contributed by atoms with E-state index < -0.39 is 0 Å². The minimum atomic E-state index is -0.0638. The second-order valence-corrected chi connectivity index (χ2v) is 7.84. The van der Waals surface area contributed by atoms with Crippen LogP contribution in [0.15, 0.2) is 23.1 Å². The van der Waals surface area contributed by atoms with Crippen LogP contribution in [0.2, 0.25) is 0 Å². The summed E-state index contributed by atoms with van der Waals surface area (Å²) in [5.41, 5.74) is 1.35. The second kappa shape index (κ2) is 8.17. The Balaban J connectivity index is 1.56. The largest absolute Gasteiger partial charge is 0.351 e. The molecule has 1 N–H and O–H groups in total. The van der Waals surface area contributed by atoms with Crippen LogP contribution in [0, 0.1) is 0 Å². The molecule has 3 rings (SSSR count). The molecule has 1 fully saturated rings. The first-order chi connectivity index (χ1) is 11.7. The van der Waals surface area contributed by atoms with Crippen molar-refractivity contribution in [2.45, 2.75) is 49.5 Å². The molecule has 0 spiro atoms. The lowest BCUT2D eigenvalue weighted by Gasteiger charge is -2.31. The van der Waals surface area contributed by atoms with Gasteiger partial charge in [-0.15, -0.1) is 11.8 Å². The SMILES string of the molecule is CN(CCNC(=O)c1cccc2c1SCCC2=O)C1CCCCC1. The lowest BCUT2D eigenvalue weighted by atomic mass is 9.94. The maximum absolute atomic E-state index is 12.5. The maximum Gasteiger partial charge on any atom is 0.252 e. The Morgan fingerprint density at radius 1 is 1.29 bits per heavy atom. The van der Waals surface area contributed by atoms with E-state index in [9.17, 15) is 9.59 Å². The summed E-state index contributed by atoms with van der Waals surface area (Å²) in [4.78, 5) is 27.7. The van der Waals surface area contributed by atoms with Gasteiger partial charge in [-0.3, -0.25) is 9.59 Å². The first-order valence-corrected chi connectivity index (χ1v) is 9.93. The van der Waals surface area contributed by atoms with Crippen molar-refractivity contribution in [2.75, 3.05) is 25.9 Å². The molecule has 5 heteroatoms. The van der Waals surface area contributed by atoms with Gasteiger partial charge in [0.15, 0.2) is 5.78 Å². The number of carbonyl (C=O) groups excluding carboxylic acids is 2. The minimum Gasteiger partial charge on any atom is -0.351 e. The number of carbonyl (C=O) groups is 2. The fraction of sp³-hybridized carbons (Fsp3) is 0.579. The Labute approximate surface area is 148 Å². The number of ketones is 1. The predicted octanol–water partition coefficient (Wildman–Crippen LogP) is 3.36. The van der Waals surface area contributed by atoms with Crippen LogP contribution in [-0.4, -0.2) is 48.5 Å². The number of amides is 1. The highest BCUT2D eigenvalue weighted by Crippen LogP contribution is 2.33. The van der Waals surface area contributed by atoms with E-state index in [0.29, 0.717) is 30.1 Å². The van der Waals surface area contributed by atoms with Gasteiger partial charge in [-0.25, -0.2) is 0 Å². The molecular weight excluding hydrogens is 320 g/mol. The van der Waals surface area contributed by atoms with Crippen LogP contribution >= 0.6 is 11.8 Å². The van der Waals surface area contributed by atoms with Crippen LogP contribution in [0.1, 0.15) is 59.2 Å². The third kappa shape index (κ3) is 4.01. The zero-order valence-corrected chi connectivity index (χ0v) is 15.2. The summed E-state index contributed by atoms with van der Waals surface area (Å²) < 4.78 is 0.